The average molecular weight is 588 g/mol. The molecule has 43 heavy (non-hydrogen) atoms. The number of hydrogen-bond donors (Lipinski definition) is 2. The van der Waals surface area contributed by atoms with Crippen LogP contribution in [0, 0.1) is 36.4 Å². The van der Waals surface area contributed by atoms with E-state index in [1.807, 2.05) is 30.0 Å². The van der Waals surface area contributed by atoms with Gasteiger partial charge in [0, 0.05) is 49.0 Å². The third kappa shape index (κ3) is 11.1. The summed E-state index contributed by atoms with van der Waals surface area (Å²) in [6.45, 7) is 4.61. The summed E-state index contributed by atoms with van der Waals surface area (Å²) in [4.78, 5) is 26.1. The molecule has 3 N–H and O–H groups in total. The van der Waals surface area contributed by atoms with Crippen molar-refractivity contribution < 1.29 is 18.7 Å². The summed E-state index contributed by atoms with van der Waals surface area (Å²) in [5.74, 6) is 4.47. The number of amides is 2. The monoisotopic (exact) mass is 587 g/mol. The molecule has 2 aromatic rings. The molecule has 0 radical (unpaired) electrons. The molecule has 1 aliphatic rings. The number of terminal acetylenes is 2. The molecular weight excluding hydrogens is 541 g/mol. The highest BCUT2D eigenvalue weighted by Crippen LogP contribution is 2.45. The van der Waals surface area contributed by atoms with Gasteiger partial charge < -0.3 is 20.7 Å². The number of primary amides is 1. The fourth-order valence-electron chi connectivity index (χ4n) is 5.40. The highest BCUT2D eigenvalue weighted by molar-refractivity contribution is 5.79. The Kier molecular flexibility index (Phi) is 13.6. The predicted octanol–water partition coefficient (Wildman–Crippen LogP) is 5.71. The largest absolute Gasteiger partial charge is 0.493 e. The zero-order chi connectivity index (χ0) is 31.1. The molecule has 230 valence electrons. The Morgan fingerprint density at radius 2 is 1.93 bits per heavy atom. The Hall–Kier alpha value is -3.81. The molecule has 2 amide bonds. The molecule has 1 fully saturated rings. The first kappa shape index (κ1) is 33.7. The second-order valence-corrected chi connectivity index (χ2v) is 11.5. The van der Waals surface area contributed by atoms with Gasteiger partial charge >= 0.3 is 0 Å². The van der Waals surface area contributed by atoms with Crippen LogP contribution in [0.1, 0.15) is 87.8 Å². The lowest BCUT2D eigenvalue weighted by atomic mass is 9.98. The van der Waals surface area contributed by atoms with Crippen molar-refractivity contribution in [1.82, 2.24) is 10.2 Å². The number of nitrogens with two attached hydrogens (primary N) is 1. The molecule has 0 aromatic heterocycles. The van der Waals surface area contributed by atoms with Crippen molar-refractivity contribution in [2.75, 3.05) is 26.2 Å². The van der Waals surface area contributed by atoms with Gasteiger partial charge in [-0.05, 0) is 99.7 Å². The maximum absolute atomic E-state index is 14.3. The van der Waals surface area contributed by atoms with E-state index in [0.29, 0.717) is 31.9 Å². The lowest BCUT2D eigenvalue weighted by Crippen LogP contribution is -2.34. The van der Waals surface area contributed by atoms with Crippen molar-refractivity contribution in [3.05, 3.63) is 65.0 Å². The number of carbonyl (C=O) groups is 2. The zero-order valence-electron chi connectivity index (χ0n) is 25.5. The van der Waals surface area contributed by atoms with Crippen LogP contribution in [0.5, 0.6) is 5.75 Å². The Balaban J connectivity index is 1.36. The van der Waals surface area contributed by atoms with Gasteiger partial charge in [0.1, 0.15) is 11.6 Å². The van der Waals surface area contributed by atoms with Crippen LogP contribution in [0.15, 0.2) is 42.5 Å². The summed E-state index contributed by atoms with van der Waals surface area (Å²) >= 11 is 0. The molecule has 0 aliphatic heterocycles. The first-order chi connectivity index (χ1) is 20.8. The molecular formula is C36H46FN3O3. The first-order valence-electron chi connectivity index (χ1n) is 15.5. The molecule has 1 aliphatic carbocycles. The van der Waals surface area contributed by atoms with Gasteiger partial charge in [0.05, 0.1) is 6.61 Å². The fraction of sp³-hybridized carbons (Fsp3) is 0.500. The van der Waals surface area contributed by atoms with Gasteiger partial charge in [-0.15, -0.1) is 18.8 Å². The third-order valence-corrected chi connectivity index (χ3v) is 8.03. The minimum atomic E-state index is -0.475. The van der Waals surface area contributed by atoms with Gasteiger partial charge in [0.25, 0.3) is 0 Å². The molecule has 0 spiro atoms. The minimum absolute atomic E-state index is 0.00131. The minimum Gasteiger partial charge on any atom is -0.493 e. The summed E-state index contributed by atoms with van der Waals surface area (Å²) < 4.78 is 20.2. The number of unbranched alkanes of at least 4 members (excludes halogenated alkanes) is 2. The Labute approximate surface area is 256 Å². The molecule has 1 atom stereocenters. The summed E-state index contributed by atoms with van der Waals surface area (Å²) in [6, 6.07) is 13.1. The van der Waals surface area contributed by atoms with E-state index in [9.17, 15) is 14.0 Å². The third-order valence-electron chi connectivity index (χ3n) is 8.03. The van der Waals surface area contributed by atoms with E-state index in [1.165, 1.54) is 11.6 Å². The number of rotatable bonds is 20. The highest BCUT2D eigenvalue weighted by Gasteiger charge is 2.43. The van der Waals surface area contributed by atoms with Gasteiger partial charge in [-0.1, -0.05) is 25.0 Å². The number of ether oxygens (including phenoxy) is 1. The van der Waals surface area contributed by atoms with Gasteiger partial charge in [-0.25, -0.2) is 4.39 Å². The fourth-order valence-corrected chi connectivity index (χ4v) is 5.40. The summed E-state index contributed by atoms with van der Waals surface area (Å²) in [5.41, 5.74) is 8.54. The summed E-state index contributed by atoms with van der Waals surface area (Å²) in [6.07, 6.45) is 19.0. The first-order valence-corrected chi connectivity index (χ1v) is 15.5. The van der Waals surface area contributed by atoms with Crippen LogP contribution in [-0.2, 0) is 21.5 Å². The van der Waals surface area contributed by atoms with Gasteiger partial charge in [0.2, 0.25) is 11.8 Å². The van der Waals surface area contributed by atoms with E-state index in [4.69, 9.17) is 23.3 Å². The van der Waals surface area contributed by atoms with E-state index in [1.54, 1.807) is 6.07 Å². The van der Waals surface area contributed by atoms with Gasteiger partial charge in [0.15, 0.2) is 0 Å². The topological polar surface area (TPSA) is 84.7 Å². The Bertz CT molecular complexity index is 1290. The van der Waals surface area contributed by atoms with Crippen LogP contribution in [0.2, 0.25) is 0 Å². The van der Waals surface area contributed by atoms with Crippen LogP contribution < -0.4 is 15.8 Å². The Morgan fingerprint density at radius 1 is 1.12 bits per heavy atom. The standard InChI is InChI=1S/C36H46FN3O3/c1-4-12-30(35(38)42)16-17-34(41)40(21-5-2)22-9-10-23-43-33-26-29(25-32(37)27-33)13-7-8-20-39-36(18-19-36)31-15-11-14-28(6-3)24-31/h1,3,11,14-15,24-27,30,39H,5,7-10,12-13,16-23H2,2H3,(H2,38,42). The van der Waals surface area contributed by atoms with E-state index in [2.05, 4.69) is 29.3 Å². The molecule has 6 nitrogen and oxygen atoms in total. The van der Waals surface area contributed by atoms with Crippen LogP contribution in [-0.4, -0.2) is 43.0 Å². The van der Waals surface area contributed by atoms with Crippen molar-refractivity contribution in [3.63, 3.8) is 0 Å². The lowest BCUT2D eigenvalue weighted by molar-refractivity contribution is -0.132. The number of hydrogen-bond acceptors (Lipinski definition) is 4. The highest BCUT2D eigenvalue weighted by atomic mass is 19.1. The van der Waals surface area contributed by atoms with Crippen molar-refractivity contribution in [1.29, 1.82) is 0 Å². The van der Waals surface area contributed by atoms with E-state index >= 15 is 0 Å². The smallest absolute Gasteiger partial charge is 0.222 e. The normalized spacial score (nSPS) is 13.9. The van der Waals surface area contributed by atoms with Crippen LogP contribution >= 0.6 is 0 Å². The van der Waals surface area contributed by atoms with Crippen molar-refractivity contribution in [2.24, 2.45) is 11.7 Å². The molecule has 7 heteroatoms. The van der Waals surface area contributed by atoms with Crippen LogP contribution in [0.4, 0.5) is 4.39 Å². The van der Waals surface area contributed by atoms with Gasteiger partial charge in [-0.3, -0.25) is 9.59 Å². The number of aryl methyl sites for hydroxylation is 1. The maximum atomic E-state index is 14.3. The van der Waals surface area contributed by atoms with E-state index in [-0.39, 0.29) is 30.1 Å². The van der Waals surface area contributed by atoms with E-state index < -0.39 is 11.8 Å². The lowest BCUT2D eigenvalue weighted by Gasteiger charge is -2.23. The summed E-state index contributed by atoms with van der Waals surface area (Å²) in [5, 5.41) is 3.71. The molecule has 0 bridgehead atoms. The number of benzene rings is 2. The molecule has 2 aromatic carbocycles. The molecule has 0 saturated heterocycles. The molecule has 3 rings (SSSR count). The second-order valence-electron chi connectivity index (χ2n) is 11.5. The average Bonchev–Trinajstić information content (AvgIpc) is 3.79. The molecule has 1 saturated carbocycles. The van der Waals surface area contributed by atoms with Crippen molar-refractivity contribution in [2.45, 2.75) is 83.1 Å². The van der Waals surface area contributed by atoms with Crippen LogP contribution in [0.3, 0.4) is 0 Å². The molecule has 1 unspecified atom stereocenters. The maximum Gasteiger partial charge on any atom is 0.222 e. The van der Waals surface area contributed by atoms with Crippen molar-refractivity contribution in [3.8, 4) is 30.4 Å². The van der Waals surface area contributed by atoms with E-state index in [0.717, 1.165) is 69.0 Å². The SMILES string of the molecule is C#CCC(CCC(=O)N(CCC)CCCCOc1cc(F)cc(CCCCNC2(c3cccc(C#C)c3)CC2)c1)C(N)=O. The number of carbonyl (C=O) groups excluding carboxylic acids is 2. The van der Waals surface area contributed by atoms with Gasteiger partial charge in [-0.2, -0.15) is 0 Å². The summed E-state index contributed by atoms with van der Waals surface area (Å²) in [7, 11) is 0. The number of nitrogens with zero attached hydrogens (tertiary/aromatic N) is 1. The predicted molar refractivity (Wildman–Crippen MR) is 170 cm³/mol. The molecule has 0 heterocycles. The van der Waals surface area contributed by atoms with Crippen molar-refractivity contribution >= 4 is 11.8 Å². The quantitative estimate of drug-likeness (QED) is 0.154. The zero-order valence-corrected chi connectivity index (χ0v) is 25.5. The number of nitrogens with one attached hydrogen (secondary N) is 1. The second kappa shape index (κ2) is 17.3. The Morgan fingerprint density at radius 3 is 2.63 bits per heavy atom. The number of halogens is 1. The van der Waals surface area contributed by atoms with Crippen LogP contribution in [0.25, 0.3) is 0 Å².